The summed E-state index contributed by atoms with van der Waals surface area (Å²) in [5.74, 6) is 2.20. The molecule has 0 bridgehead atoms. The molecule has 0 radical (unpaired) electrons. The maximum Gasteiger partial charge on any atom is 0.319 e. The Morgan fingerprint density at radius 3 is 2.77 bits per heavy atom. The van der Waals surface area contributed by atoms with E-state index >= 15 is 0 Å². The average molecular weight is 355 g/mol. The lowest BCUT2D eigenvalue weighted by molar-refractivity contribution is 0.251. The minimum absolute atomic E-state index is 0.269. The number of aromatic nitrogens is 2. The topological polar surface area (TPSA) is 79.4 Å². The van der Waals surface area contributed by atoms with E-state index in [2.05, 4.69) is 25.5 Å². The number of rotatable bonds is 6. The van der Waals surface area contributed by atoms with Crippen molar-refractivity contribution in [2.45, 2.75) is 33.2 Å². The standard InChI is InChI=1S/C19H25N5O2/c1-3-26-16-9-5-4-8-15(16)22-19(25)20-13-17-21-14(2)12-18(23-17)24-10-6-7-11-24/h4-5,8-9,12H,3,6-7,10-11,13H2,1-2H3,(H2,20,22,25). The van der Waals surface area contributed by atoms with Crippen LogP contribution in [0, 0.1) is 6.92 Å². The van der Waals surface area contributed by atoms with E-state index in [1.807, 2.05) is 38.1 Å². The molecule has 2 aromatic rings. The number of carbonyl (C=O) groups excluding carboxylic acids is 1. The molecular formula is C19H25N5O2. The minimum Gasteiger partial charge on any atom is -0.492 e. The Morgan fingerprint density at radius 2 is 2.00 bits per heavy atom. The van der Waals surface area contributed by atoms with Crippen molar-refractivity contribution in [1.29, 1.82) is 0 Å². The minimum atomic E-state index is -0.315. The number of nitrogens with one attached hydrogen (secondary N) is 2. The van der Waals surface area contributed by atoms with Crippen molar-refractivity contribution in [3.63, 3.8) is 0 Å². The summed E-state index contributed by atoms with van der Waals surface area (Å²) in [5.41, 5.74) is 1.54. The van der Waals surface area contributed by atoms with Crippen molar-refractivity contribution in [1.82, 2.24) is 15.3 Å². The number of amides is 2. The molecule has 0 spiro atoms. The molecule has 1 aromatic heterocycles. The molecule has 1 saturated heterocycles. The van der Waals surface area contributed by atoms with E-state index in [4.69, 9.17) is 4.74 Å². The van der Waals surface area contributed by atoms with E-state index < -0.39 is 0 Å². The molecule has 3 rings (SSSR count). The highest BCUT2D eigenvalue weighted by molar-refractivity contribution is 5.90. The highest BCUT2D eigenvalue weighted by Gasteiger charge is 2.15. The fraction of sp³-hybridized carbons (Fsp3) is 0.421. The van der Waals surface area contributed by atoms with Gasteiger partial charge in [-0.2, -0.15) is 0 Å². The quantitative estimate of drug-likeness (QED) is 0.832. The van der Waals surface area contributed by atoms with Crippen LogP contribution in [0.1, 0.15) is 31.3 Å². The van der Waals surface area contributed by atoms with Crippen molar-refractivity contribution < 1.29 is 9.53 Å². The third-order valence-electron chi connectivity index (χ3n) is 4.16. The van der Waals surface area contributed by atoms with E-state index in [0.29, 0.717) is 23.9 Å². The number of benzene rings is 1. The second-order valence-electron chi connectivity index (χ2n) is 6.21. The van der Waals surface area contributed by atoms with Crippen LogP contribution in [0.2, 0.25) is 0 Å². The molecule has 26 heavy (non-hydrogen) atoms. The number of ether oxygens (including phenoxy) is 1. The third-order valence-corrected chi connectivity index (χ3v) is 4.16. The summed E-state index contributed by atoms with van der Waals surface area (Å²) in [7, 11) is 0. The molecule has 0 unspecified atom stereocenters. The van der Waals surface area contributed by atoms with Gasteiger partial charge >= 0.3 is 6.03 Å². The summed E-state index contributed by atoms with van der Waals surface area (Å²) in [6, 6.07) is 9.03. The molecule has 0 saturated carbocycles. The van der Waals surface area contributed by atoms with E-state index in [-0.39, 0.29) is 12.6 Å². The molecule has 0 atom stereocenters. The van der Waals surface area contributed by atoms with Gasteiger partial charge in [-0.05, 0) is 38.8 Å². The van der Waals surface area contributed by atoms with Gasteiger partial charge < -0.3 is 20.3 Å². The number of aryl methyl sites for hydroxylation is 1. The normalized spacial score (nSPS) is 13.5. The fourth-order valence-corrected chi connectivity index (χ4v) is 2.98. The third kappa shape index (κ3) is 4.62. The molecular weight excluding hydrogens is 330 g/mol. The summed E-state index contributed by atoms with van der Waals surface area (Å²) >= 11 is 0. The zero-order valence-electron chi connectivity index (χ0n) is 15.3. The Kier molecular flexibility index (Phi) is 5.88. The largest absolute Gasteiger partial charge is 0.492 e. The number of nitrogens with zero attached hydrogens (tertiary/aromatic N) is 3. The van der Waals surface area contributed by atoms with Gasteiger partial charge in [0.1, 0.15) is 17.4 Å². The number of hydrogen-bond acceptors (Lipinski definition) is 5. The first kappa shape index (κ1) is 18.0. The van der Waals surface area contributed by atoms with Gasteiger partial charge in [-0.25, -0.2) is 14.8 Å². The monoisotopic (exact) mass is 355 g/mol. The van der Waals surface area contributed by atoms with Crippen LogP contribution in [0.25, 0.3) is 0 Å². The number of carbonyl (C=O) groups is 1. The highest BCUT2D eigenvalue weighted by Crippen LogP contribution is 2.23. The number of anilines is 2. The highest BCUT2D eigenvalue weighted by atomic mass is 16.5. The molecule has 138 valence electrons. The van der Waals surface area contributed by atoms with Gasteiger partial charge in [0.15, 0.2) is 0 Å². The van der Waals surface area contributed by atoms with Crippen LogP contribution >= 0.6 is 0 Å². The van der Waals surface area contributed by atoms with Crippen LogP contribution in [0.5, 0.6) is 5.75 Å². The smallest absolute Gasteiger partial charge is 0.319 e. The summed E-state index contributed by atoms with van der Waals surface area (Å²) in [6.07, 6.45) is 2.39. The average Bonchev–Trinajstić information content (AvgIpc) is 3.16. The van der Waals surface area contributed by atoms with Crippen molar-refractivity contribution in [2.75, 3.05) is 29.9 Å². The Hall–Kier alpha value is -2.83. The Labute approximate surface area is 153 Å². The van der Waals surface area contributed by atoms with Gasteiger partial charge in [0, 0.05) is 24.8 Å². The summed E-state index contributed by atoms with van der Waals surface area (Å²) in [6.45, 7) is 6.71. The van der Waals surface area contributed by atoms with E-state index in [1.165, 1.54) is 12.8 Å². The lowest BCUT2D eigenvalue weighted by Gasteiger charge is -2.17. The Morgan fingerprint density at radius 1 is 1.23 bits per heavy atom. The first-order valence-corrected chi connectivity index (χ1v) is 9.02. The molecule has 1 aliphatic rings. The van der Waals surface area contributed by atoms with E-state index in [1.54, 1.807) is 6.07 Å². The first-order valence-electron chi connectivity index (χ1n) is 9.02. The van der Waals surface area contributed by atoms with Gasteiger partial charge in [-0.1, -0.05) is 12.1 Å². The van der Waals surface area contributed by atoms with Crippen LogP contribution < -0.4 is 20.3 Å². The molecule has 2 amide bonds. The van der Waals surface area contributed by atoms with Crippen LogP contribution in [0.15, 0.2) is 30.3 Å². The molecule has 2 N–H and O–H groups in total. The predicted octanol–water partition coefficient (Wildman–Crippen LogP) is 3.11. The number of urea groups is 1. The SMILES string of the molecule is CCOc1ccccc1NC(=O)NCc1nc(C)cc(N2CCCC2)n1. The molecule has 7 nitrogen and oxygen atoms in total. The number of para-hydroxylation sites is 2. The first-order chi connectivity index (χ1) is 12.7. The lowest BCUT2D eigenvalue weighted by Crippen LogP contribution is -2.29. The predicted molar refractivity (Wildman–Crippen MR) is 102 cm³/mol. The van der Waals surface area contributed by atoms with Crippen molar-refractivity contribution in [3.8, 4) is 5.75 Å². The van der Waals surface area contributed by atoms with Crippen LogP contribution in [-0.2, 0) is 6.54 Å². The van der Waals surface area contributed by atoms with Crippen molar-refractivity contribution in [3.05, 3.63) is 41.9 Å². The van der Waals surface area contributed by atoms with Gasteiger partial charge in [-0.3, -0.25) is 0 Å². The van der Waals surface area contributed by atoms with Crippen molar-refractivity contribution >= 4 is 17.5 Å². The van der Waals surface area contributed by atoms with E-state index in [9.17, 15) is 4.79 Å². The second kappa shape index (κ2) is 8.51. The van der Waals surface area contributed by atoms with Gasteiger partial charge in [0.2, 0.25) is 0 Å². The molecule has 2 heterocycles. The fourth-order valence-electron chi connectivity index (χ4n) is 2.98. The molecule has 1 aliphatic heterocycles. The van der Waals surface area contributed by atoms with Gasteiger partial charge in [0.25, 0.3) is 0 Å². The maximum absolute atomic E-state index is 12.2. The van der Waals surface area contributed by atoms with Crippen LogP contribution in [0.4, 0.5) is 16.3 Å². The Balaban J connectivity index is 1.61. The summed E-state index contributed by atoms with van der Waals surface area (Å²) < 4.78 is 5.52. The van der Waals surface area contributed by atoms with Crippen LogP contribution in [0.3, 0.4) is 0 Å². The summed E-state index contributed by atoms with van der Waals surface area (Å²) in [5, 5.41) is 5.62. The lowest BCUT2D eigenvalue weighted by atomic mass is 10.3. The van der Waals surface area contributed by atoms with Crippen LogP contribution in [-0.4, -0.2) is 35.7 Å². The number of hydrogen-bond donors (Lipinski definition) is 2. The zero-order valence-corrected chi connectivity index (χ0v) is 15.3. The van der Waals surface area contributed by atoms with E-state index in [0.717, 1.165) is 24.6 Å². The molecule has 1 fully saturated rings. The molecule has 7 heteroatoms. The van der Waals surface area contributed by atoms with Gasteiger partial charge in [-0.15, -0.1) is 0 Å². The molecule has 1 aromatic carbocycles. The van der Waals surface area contributed by atoms with Gasteiger partial charge in [0.05, 0.1) is 18.8 Å². The summed E-state index contributed by atoms with van der Waals surface area (Å²) in [4.78, 5) is 23.5. The Bertz CT molecular complexity index is 759. The van der Waals surface area contributed by atoms with Crippen molar-refractivity contribution in [2.24, 2.45) is 0 Å². The zero-order chi connectivity index (χ0) is 18.4. The maximum atomic E-state index is 12.2. The second-order valence-corrected chi connectivity index (χ2v) is 6.21. The molecule has 0 aliphatic carbocycles.